The van der Waals surface area contributed by atoms with Gasteiger partial charge in [-0.15, -0.1) is 0 Å². The van der Waals surface area contributed by atoms with Gasteiger partial charge in [-0.05, 0) is 99.3 Å². The van der Waals surface area contributed by atoms with Crippen LogP contribution in [0, 0.1) is 10.4 Å². The standard InChI is InChI=1S/C27H25N3O.C20H19NO3/c28-30-16-18-8-10-20(11-9-18)27(31)17-29-26-7-3-6-22-24-13-12-19-4-1-2-5-21(19)23(24)14-15-25(22)26;1-2-14-7-5-6-10-18(14)21-13-16-9-4-3-8-15(16)11-17(20(21)24)12-19(22)23/h3-4,6-13,15-16,29H,1-2,5,14,17,28H2;3-11H,2,12-13H2,1H3,(H,22,23). The Labute approximate surface area is 320 Å². The number of nitrogens with zero attached hydrogens (tertiary/aromatic N) is 2. The number of carbonyl (C=O) groups excluding carboxylic acids is 2. The van der Waals surface area contributed by atoms with Crippen molar-refractivity contribution in [1.82, 2.24) is 0 Å². The van der Waals surface area contributed by atoms with Gasteiger partial charge in [-0.25, -0.2) is 0 Å². The summed E-state index contributed by atoms with van der Waals surface area (Å²) >= 11 is 0. The number of Topliss-reactive ketones (excluding diaryl/α,β-unsaturated/α-hetero) is 1. The Morgan fingerprint density at radius 2 is 1.69 bits per heavy atom. The molecule has 0 bridgehead atoms. The lowest BCUT2D eigenvalue weighted by molar-refractivity contribution is -0.136. The Balaban J connectivity index is 0.000000175. The highest BCUT2D eigenvalue weighted by Crippen LogP contribution is 2.30. The molecule has 8 heteroatoms. The van der Waals surface area contributed by atoms with Gasteiger partial charge < -0.3 is 21.2 Å². The van der Waals surface area contributed by atoms with Crippen molar-refractivity contribution >= 4 is 53.5 Å². The quantitative estimate of drug-likeness (QED) is 0.0675. The fourth-order valence-corrected chi connectivity index (χ4v) is 7.76. The zero-order valence-electron chi connectivity index (χ0n) is 30.9. The summed E-state index contributed by atoms with van der Waals surface area (Å²) in [4.78, 5) is 38.6. The zero-order valence-corrected chi connectivity index (χ0v) is 30.9. The predicted molar refractivity (Wildman–Crippen MR) is 220 cm³/mol. The summed E-state index contributed by atoms with van der Waals surface area (Å²) in [5.41, 5.74) is 9.66. The van der Waals surface area contributed by atoms with Crippen molar-refractivity contribution in [2.45, 2.75) is 52.0 Å². The van der Waals surface area contributed by atoms with Crippen LogP contribution >= 0.6 is 0 Å². The number of anilines is 2. The topological polar surface area (TPSA) is 125 Å². The number of hydrogen-bond donors (Lipinski definition) is 3. The van der Waals surface area contributed by atoms with Gasteiger partial charge >= 0.3 is 5.97 Å². The van der Waals surface area contributed by atoms with Gasteiger partial charge in [-0.1, -0.05) is 110 Å². The van der Waals surface area contributed by atoms with Crippen molar-refractivity contribution in [1.29, 1.82) is 0 Å². The van der Waals surface area contributed by atoms with Crippen LogP contribution in [0.25, 0.3) is 18.2 Å². The van der Waals surface area contributed by atoms with Crippen molar-refractivity contribution < 1.29 is 19.5 Å². The third kappa shape index (κ3) is 8.04. The number of hydrazone groups is 1. The number of benzene rings is 5. The van der Waals surface area contributed by atoms with Gasteiger partial charge in [0.2, 0.25) is 0 Å². The molecule has 5 aromatic rings. The maximum absolute atomic E-state index is 13.0. The smallest absolute Gasteiger partial charge is 0.308 e. The minimum atomic E-state index is -1.00. The third-order valence-electron chi connectivity index (χ3n) is 10.5. The van der Waals surface area contributed by atoms with Gasteiger partial charge in [0.25, 0.3) is 5.91 Å². The first-order valence-electron chi connectivity index (χ1n) is 18.8. The van der Waals surface area contributed by atoms with Crippen LogP contribution in [-0.2, 0) is 35.4 Å². The Morgan fingerprint density at radius 3 is 2.49 bits per heavy atom. The minimum absolute atomic E-state index is 0.0506. The molecule has 0 fully saturated rings. The van der Waals surface area contributed by atoms with Gasteiger partial charge in [0.15, 0.2) is 5.78 Å². The number of ketones is 1. The van der Waals surface area contributed by atoms with E-state index in [-0.39, 0.29) is 24.7 Å². The molecule has 0 unspecified atom stereocenters. The first-order valence-corrected chi connectivity index (χ1v) is 18.8. The number of hydrogen-bond acceptors (Lipinski definition) is 6. The van der Waals surface area contributed by atoms with Crippen LogP contribution < -0.4 is 26.5 Å². The largest absolute Gasteiger partial charge is 0.481 e. The number of carboxylic acid groups (broad SMARTS) is 1. The number of para-hydroxylation sites is 1. The van der Waals surface area contributed by atoms with E-state index in [0.717, 1.165) is 46.5 Å². The predicted octanol–water partition coefficient (Wildman–Crippen LogP) is 6.67. The molecule has 0 atom stereocenters. The van der Waals surface area contributed by atoms with Crippen LogP contribution in [0.4, 0.5) is 11.4 Å². The van der Waals surface area contributed by atoms with Gasteiger partial charge in [-0.3, -0.25) is 14.4 Å². The third-order valence-corrected chi connectivity index (χ3v) is 10.5. The molecule has 0 aromatic heterocycles. The summed E-state index contributed by atoms with van der Waals surface area (Å²) in [6.07, 6.45) is 13.0. The van der Waals surface area contributed by atoms with Crippen LogP contribution in [0.3, 0.4) is 0 Å². The van der Waals surface area contributed by atoms with Crippen molar-refractivity contribution in [2.24, 2.45) is 10.9 Å². The Kier molecular flexibility index (Phi) is 11.1. The van der Waals surface area contributed by atoms with Crippen LogP contribution in [0.5, 0.6) is 0 Å². The van der Waals surface area contributed by atoms with Crippen LogP contribution in [-0.4, -0.2) is 35.5 Å². The van der Waals surface area contributed by atoms with E-state index in [1.807, 2.05) is 79.7 Å². The molecule has 8 rings (SSSR count). The molecular formula is C47H44N4O4. The molecule has 0 saturated heterocycles. The second-order valence-electron chi connectivity index (χ2n) is 13.9. The molecule has 276 valence electrons. The number of carboxylic acids is 1. The van der Waals surface area contributed by atoms with Crippen LogP contribution in [0.1, 0.15) is 69.9 Å². The van der Waals surface area contributed by atoms with Gasteiger partial charge in [-0.2, -0.15) is 5.10 Å². The summed E-state index contributed by atoms with van der Waals surface area (Å²) in [5, 5.41) is 21.2. The SMILES string of the molecule is CCc1ccccc1N1Cc2ccccc2C=C(CC(=O)O)C1=O.NN=Cc1ccc(C(=O)CNc2cccc3c2=CCc2c4c(ccc2=3)=CCCC4)cc1. The fourth-order valence-electron chi connectivity index (χ4n) is 7.76. The molecule has 55 heavy (non-hydrogen) atoms. The second kappa shape index (κ2) is 16.6. The minimum Gasteiger partial charge on any atom is -0.481 e. The Bertz CT molecular complexity index is 2570. The van der Waals surface area contributed by atoms with Crippen molar-refractivity contribution in [3.05, 3.63) is 169 Å². The summed E-state index contributed by atoms with van der Waals surface area (Å²) in [5.74, 6) is 3.98. The molecule has 1 aliphatic heterocycles. The van der Waals surface area contributed by atoms with E-state index < -0.39 is 5.97 Å². The highest BCUT2D eigenvalue weighted by Gasteiger charge is 2.27. The normalized spacial score (nSPS) is 14.0. The highest BCUT2D eigenvalue weighted by atomic mass is 16.4. The number of aliphatic carboxylic acids is 1. The monoisotopic (exact) mass is 728 g/mol. The molecule has 0 saturated carbocycles. The van der Waals surface area contributed by atoms with E-state index in [2.05, 4.69) is 52.9 Å². The molecule has 2 aliphatic carbocycles. The lowest BCUT2D eigenvalue weighted by Gasteiger charge is -2.25. The number of rotatable bonds is 9. The number of aryl methyl sites for hydroxylation is 1. The van der Waals surface area contributed by atoms with Crippen molar-refractivity contribution in [2.75, 3.05) is 16.8 Å². The molecule has 3 aliphatic rings. The molecular weight excluding hydrogens is 685 g/mol. The van der Waals surface area contributed by atoms with Crippen LogP contribution in [0.2, 0.25) is 0 Å². The molecule has 0 spiro atoms. The summed E-state index contributed by atoms with van der Waals surface area (Å²) in [6.45, 7) is 2.73. The number of fused-ring (bicyclic) bond motifs is 5. The average Bonchev–Trinajstić information content (AvgIpc) is 3.35. The number of nitrogens with one attached hydrogen (secondary N) is 1. The van der Waals surface area contributed by atoms with Crippen molar-refractivity contribution in [3.8, 4) is 0 Å². The molecule has 8 nitrogen and oxygen atoms in total. The Morgan fingerprint density at radius 1 is 0.891 bits per heavy atom. The van der Waals surface area contributed by atoms with Gasteiger partial charge in [0, 0.05) is 27.7 Å². The van der Waals surface area contributed by atoms with Gasteiger partial charge in [0.05, 0.1) is 25.7 Å². The number of nitrogens with two attached hydrogens (primary N) is 1. The molecule has 5 aromatic carbocycles. The second-order valence-corrected chi connectivity index (χ2v) is 13.9. The Hall–Kier alpha value is -6.54. The van der Waals surface area contributed by atoms with E-state index in [1.54, 1.807) is 17.2 Å². The average molecular weight is 729 g/mol. The zero-order chi connectivity index (χ0) is 38.3. The van der Waals surface area contributed by atoms with E-state index in [0.29, 0.717) is 17.7 Å². The highest BCUT2D eigenvalue weighted by molar-refractivity contribution is 6.11. The van der Waals surface area contributed by atoms with E-state index in [9.17, 15) is 14.4 Å². The first-order chi connectivity index (χ1) is 26.8. The first kappa shape index (κ1) is 36.8. The van der Waals surface area contributed by atoms with E-state index in [4.69, 9.17) is 10.9 Å². The molecule has 1 heterocycles. The number of carbonyl (C=O) groups is 3. The number of amides is 1. The maximum Gasteiger partial charge on any atom is 0.308 e. The van der Waals surface area contributed by atoms with Crippen molar-refractivity contribution in [3.63, 3.8) is 0 Å². The molecule has 1 amide bonds. The van der Waals surface area contributed by atoms with Crippen LogP contribution in [0.15, 0.2) is 114 Å². The summed E-state index contributed by atoms with van der Waals surface area (Å²) in [6, 6.07) is 33.7. The lowest BCUT2D eigenvalue weighted by atomic mass is 9.88. The van der Waals surface area contributed by atoms with Gasteiger partial charge in [0.1, 0.15) is 0 Å². The molecule has 4 N–H and O–H groups in total. The lowest BCUT2D eigenvalue weighted by Crippen LogP contribution is -2.32. The fraction of sp³-hybridized carbons (Fsp3) is 0.191. The maximum atomic E-state index is 13.0. The molecule has 0 radical (unpaired) electrons. The van der Waals surface area contributed by atoms with E-state index >= 15 is 0 Å². The van der Waals surface area contributed by atoms with E-state index in [1.165, 1.54) is 51.3 Å². The summed E-state index contributed by atoms with van der Waals surface area (Å²) < 4.78 is 0. The summed E-state index contributed by atoms with van der Waals surface area (Å²) in [7, 11) is 0.